The fourth-order valence-corrected chi connectivity index (χ4v) is 4.21. The molecule has 2 aliphatic heterocycles. The number of carbonyl (C=O) groups excluding carboxylic acids is 1. The Labute approximate surface area is 125 Å². The number of morpholine rings is 1. The van der Waals surface area contributed by atoms with Crippen molar-refractivity contribution in [1.82, 2.24) is 4.90 Å². The zero-order valence-corrected chi connectivity index (χ0v) is 13.0. The smallest absolute Gasteiger partial charge is 0.231 e. The Kier molecular flexibility index (Phi) is 4.15. The van der Waals surface area contributed by atoms with Crippen LogP contribution in [0.15, 0.2) is 29.2 Å². The summed E-state index contributed by atoms with van der Waals surface area (Å²) in [6.07, 6.45) is 0.127. The highest BCUT2D eigenvalue weighted by molar-refractivity contribution is 9.09. The van der Waals surface area contributed by atoms with E-state index in [1.807, 2.05) is 17.0 Å². The van der Waals surface area contributed by atoms with Gasteiger partial charge < -0.3 is 9.64 Å². The van der Waals surface area contributed by atoms with Gasteiger partial charge in [-0.2, -0.15) is 0 Å². The van der Waals surface area contributed by atoms with E-state index in [-0.39, 0.29) is 17.9 Å². The number of alkyl halides is 1. The molecular weight excluding hydrogens is 326 g/mol. The Bertz CT molecular complexity index is 482. The van der Waals surface area contributed by atoms with E-state index in [2.05, 4.69) is 28.1 Å². The number of amides is 1. The highest BCUT2D eigenvalue weighted by Gasteiger charge is 2.34. The van der Waals surface area contributed by atoms with Gasteiger partial charge in [-0.3, -0.25) is 4.79 Å². The molecule has 5 heteroatoms. The summed E-state index contributed by atoms with van der Waals surface area (Å²) >= 11 is 5.22. The first-order valence-corrected chi connectivity index (χ1v) is 8.58. The van der Waals surface area contributed by atoms with Crippen molar-refractivity contribution < 1.29 is 9.53 Å². The van der Waals surface area contributed by atoms with Crippen LogP contribution in [0.2, 0.25) is 0 Å². The number of thioether (sulfide) groups is 1. The normalized spacial score (nSPS) is 26.3. The van der Waals surface area contributed by atoms with Crippen molar-refractivity contribution in [1.29, 1.82) is 0 Å². The third-order valence-corrected chi connectivity index (χ3v) is 5.53. The number of carbonyl (C=O) groups is 1. The van der Waals surface area contributed by atoms with Gasteiger partial charge in [-0.15, -0.1) is 11.8 Å². The molecule has 1 aromatic rings. The number of hydrogen-bond acceptors (Lipinski definition) is 3. The van der Waals surface area contributed by atoms with E-state index in [1.165, 1.54) is 10.5 Å². The molecule has 0 radical (unpaired) electrons. The van der Waals surface area contributed by atoms with Crippen molar-refractivity contribution in [2.75, 3.05) is 30.8 Å². The van der Waals surface area contributed by atoms with Crippen LogP contribution in [0.3, 0.4) is 0 Å². The highest BCUT2D eigenvalue weighted by atomic mass is 79.9. The van der Waals surface area contributed by atoms with Crippen molar-refractivity contribution in [2.24, 2.45) is 0 Å². The molecule has 1 amide bonds. The molecule has 19 heavy (non-hydrogen) atoms. The zero-order chi connectivity index (χ0) is 13.2. The predicted octanol–water partition coefficient (Wildman–Crippen LogP) is 2.50. The van der Waals surface area contributed by atoms with Crippen LogP contribution in [0, 0.1) is 0 Å². The summed E-state index contributed by atoms with van der Waals surface area (Å²) in [5.74, 6) is 1.15. The van der Waals surface area contributed by atoms with E-state index < -0.39 is 0 Å². The Morgan fingerprint density at radius 1 is 1.47 bits per heavy atom. The second kappa shape index (κ2) is 5.85. The molecule has 0 saturated carbocycles. The van der Waals surface area contributed by atoms with Gasteiger partial charge in [0.05, 0.1) is 18.6 Å². The lowest BCUT2D eigenvalue weighted by Gasteiger charge is -2.33. The van der Waals surface area contributed by atoms with Crippen LogP contribution in [0.4, 0.5) is 0 Å². The zero-order valence-electron chi connectivity index (χ0n) is 10.5. The minimum Gasteiger partial charge on any atom is -0.374 e. The van der Waals surface area contributed by atoms with Gasteiger partial charge in [0.2, 0.25) is 5.91 Å². The topological polar surface area (TPSA) is 29.5 Å². The maximum Gasteiger partial charge on any atom is 0.231 e. The maximum atomic E-state index is 12.7. The van der Waals surface area contributed by atoms with E-state index in [0.717, 1.165) is 11.1 Å². The summed E-state index contributed by atoms with van der Waals surface area (Å²) in [5, 5.41) is 0.785. The molecule has 0 aliphatic carbocycles. The number of hydrogen-bond donors (Lipinski definition) is 0. The lowest BCUT2D eigenvalue weighted by atomic mass is 9.99. The minimum absolute atomic E-state index is 0.0234. The Morgan fingerprint density at radius 2 is 2.32 bits per heavy atom. The molecule has 2 heterocycles. The third-order valence-electron chi connectivity index (χ3n) is 3.62. The number of benzene rings is 1. The van der Waals surface area contributed by atoms with Crippen molar-refractivity contribution in [2.45, 2.75) is 16.9 Å². The van der Waals surface area contributed by atoms with Gasteiger partial charge in [0, 0.05) is 29.1 Å². The molecule has 1 fully saturated rings. The van der Waals surface area contributed by atoms with E-state index >= 15 is 0 Å². The summed E-state index contributed by atoms with van der Waals surface area (Å²) in [4.78, 5) is 15.9. The molecule has 2 aliphatic rings. The van der Waals surface area contributed by atoms with Gasteiger partial charge in [0.1, 0.15) is 0 Å². The van der Waals surface area contributed by atoms with Gasteiger partial charge in [-0.25, -0.2) is 0 Å². The number of halogens is 1. The van der Waals surface area contributed by atoms with Gasteiger partial charge >= 0.3 is 0 Å². The van der Waals surface area contributed by atoms with Gasteiger partial charge in [0.25, 0.3) is 0 Å². The van der Waals surface area contributed by atoms with Crippen molar-refractivity contribution >= 4 is 33.6 Å². The summed E-state index contributed by atoms with van der Waals surface area (Å²) in [6.45, 7) is 2.06. The molecule has 0 N–H and O–H groups in total. The quantitative estimate of drug-likeness (QED) is 0.774. The molecule has 3 nitrogen and oxygen atoms in total. The SMILES string of the molecule is O=C(C1CSc2ccccc21)N1CCOC(CBr)C1. The molecule has 1 aromatic carbocycles. The van der Waals surface area contributed by atoms with Crippen molar-refractivity contribution in [3.05, 3.63) is 29.8 Å². The molecule has 0 bridgehead atoms. The fourth-order valence-electron chi connectivity index (χ4n) is 2.60. The van der Waals surface area contributed by atoms with Crippen LogP contribution in [0.25, 0.3) is 0 Å². The average Bonchev–Trinajstić information content (AvgIpc) is 2.90. The first kappa shape index (κ1) is 13.5. The van der Waals surface area contributed by atoms with Crippen LogP contribution in [0.1, 0.15) is 11.5 Å². The molecule has 0 aromatic heterocycles. The number of rotatable bonds is 2. The van der Waals surface area contributed by atoms with Crippen LogP contribution in [-0.2, 0) is 9.53 Å². The van der Waals surface area contributed by atoms with E-state index in [9.17, 15) is 4.79 Å². The summed E-state index contributed by atoms with van der Waals surface area (Å²) in [7, 11) is 0. The Hall–Kier alpha value is -0.520. The first-order chi connectivity index (χ1) is 9.29. The summed E-state index contributed by atoms with van der Waals surface area (Å²) in [5.41, 5.74) is 1.19. The molecule has 1 saturated heterocycles. The minimum atomic E-state index is 0.0234. The number of nitrogens with zero attached hydrogens (tertiary/aromatic N) is 1. The van der Waals surface area contributed by atoms with Crippen LogP contribution in [-0.4, -0.2) is 47.7 Å². The molecule has 2 unspecified atom stereocenters. The van der Waals surface area contributed by atoms with Crippen LogP contribution >= 0.6 is 27.7 Å². The van der Waals surface area contributed by atoms with Gasteiger partial charge in [-0.1, -0.05) is 34.1 Å². The monoisotopic (exact) mass is 341 g/mol. The number of ether oxygens (including phenoxy) is 1. The largest absolute Gasteiger partial charge is 0.374 e. The number of fused-ring (bicyclic) bond motifs is 1. The van der Waals surface area contributed by atoms with Gasteiger partial charge in [0.15, 0.2) is 0 Å². The molecule has 3 rings (SSSR count). The second-order valence-electron chi connectivity index (χ2n) is 4.83. The third kappa shape index (κ3) is 2.69. The maximum absolute atomic E-state index is 12.7. The molecule has 2 atom stereocenters. The molecule has 102 valence electrons. The fraction of sp³-hybridized carbons (Fsp3) is 0.500. The van der Waals surface area contributed by atoms with E-state index in [0.29, 0.717) is 19.7 Å². The van der Waals surface area contributed by atoms with Gasteiger partial charge in [-0.05, 0) is 11.6 Å². The summed E-state index contributed by atoms with van der Waals surface area (Å²) < 4.78 is 5.59. The predicted molar refractivity (Wildman–Crippen MR) is 80.0 cm³/mol. The Balaban J connectivity index is 1.75. The van der Waals surface area contributed by atoms with Crippen molar-refractivity contribution in [3.63, 3.8) is 0 Å². The molecular formula is C14H16BrNO2S. The van der Waals surface area contributed by atoms with Crippen LogP contribution < -0.4 is 0 Å². The first-order valence-electron chi connectivity index (χ1n) is 6.47. The standard InChI is InChI=1S/C14H16BrNO2S/c15-7-10-8-16(5-6-18-10)14(17)12-9-19-13-4-2-1-3-11(12)13/h1-4,10,12H,5-9H2. The summed E-state index contributed by atoms with van der Waals surface area (Å²) in [6, 6.07) is 8.24. The average molecular weight is 342 g/mol. The van der Waals surface area contributed by atoms with E-state index in [4.69, 9.17) is 4.74 Å². The lowest BCUT2D eigenvalue weighted by Crippen LogP contribution is -2.47. The molecule has 0 spiro atoms. The van der Waals surface area contributed by atoms with Crippen molar-refractivity contribution in [3.8, 4) is 0 Å². The van der Waals surface area contributed by atoms with E-state index in [1.54, 1.807) is 11.8 Å². The second-order valence-corrected chi connectivity index (χ2v) is 6.54. The Morgan fingerprint density at radius 3 is 3.16 bits per heavy atom. The lowest BCUT2D eigenvalue weighted by molar-refractivity contribution is -0.139. The van der Waals surface area contributed by atoms with Crippen LogP contribution in [0.5, 0.6) is 0 Å². The highest BCUT2D eigenvalue weighted by Crippen LogP contribution is 2.40.